The molecule has 1 aromatic heterocycles. The summed E-state index contributed by atoms with van der Waals surface area (Å²) in [5.41, 5.74) is 3.03. The van der Waals surface area contributed by atoms with Gasteiger partial charge in [0, 0.05) is 30.6 Å². The molecule has 1 amide bonds. The number of rotatable bonds is 5. The van der Waals surface area contributed by atoms with Crippen molar-refractivity contribution >= 4 is 18.5 Å². The molecular formula is C18H19N3OS. The second-order valence-electron chi connectivity index (χ2n) is 5.39. The summed E-state index contributed by atoms with van der Waals surface area (Å²) in [4.78, 5) is 12.2. The smallest absolute Gasteiger partial charge is 0.249 e. The van der Waals surface area contributed by atoms with Crippen LogP contribution in [0, 0.1) is 0 Å². The van der Waals surface area contributed by atoms with Crippen LogP contribution in [0.1, 0.15) is 11.3 Å². The van der Waals surface area contributed by atoms with Crippen LogP contribution in [0.5, 0.6) is 0 Å². The molecule has 2 N–H and O–H groups in total. The van der Waals surface area contributed by atoms with E-state index in [0.717, 1.165) is 17.3 Å². The number of allylic oxidation sites excluding steroid dienone is 2. The summed E-state index contributed by atoms with van der Waals surface area (Å²) in [5, 5.41) is 6.79. The molecule has 1 aromatic carbocycles. The summed E-state index contributed by atoms with van der Waals surface area (Å²) < 4.78 is 2.15. The van der Waals surface area contributed by atoms with Crippen LogP contribution in [0.25, 0.3) is 0 Å². The third-order valence-corrected chi connectivity index (χ3v) is 4.05. The first-order chi connectivity index (χ1) is 11.2. The van der Waals surface area contributed by atoms with Gasteiger partial charge in [0.25, 0.3) is 0 Å². The van der Waals surface area contributed by atoms with E-state index in [9.17, 15) is 4.79 Å². The van der Waals surface area contributed by atoms with E-state index in [0.29, 0.717) is 18.7 Å². The van der Waals surface area contributed by atoms with Crippen molar-refractivity contribution in [3.63, 3.8) is 0 Å². The highest BCUT2D eigenvalue weighted by atomic mass is 32.1. The van der Waals surface area contributed by atoms with Gasteiger partial charge in [0.1, 0.15) is 0 Å². The molecule has 0 aliphatic carbocycles. The Morgan fingerprint density at radius 2 is 2.00 bits per heavy atom. The van der Waals surface area contributed by atoms with Gasteiger partial charge >= 0.3 is 0 Å². The Morgan fingerprint density at radius 1 is 1.17 bits per heavy atom. The van der Waals surface area contributed by atoms with Crippen molar-refractivity contribution in [1.29, 1.82) is 0 Å². The molecule has 0 spiro atoms. The summed E-state index contributed by atoms with van der Waals surface area (Å²) in [5.74, 6) is -0.0537. The van der Waals surface area contributed by atoms with E-state index < -0.39 is 0 Å². The first kappa shape index (κ1) is 15.5. The van der Waals surface area contributed by atoms with Crippen molar-refractivity contribution in [2.24, 2.45) is 0 Å². The van der Waals surface area contributed by atoms with E-state index >= 15 is 0 Å². The van der Waals surface area contributed by atoms with E-state index in [1.165, 1.54) is 5.56 Å². The Balaban J connectivity index is 1.61. The van der Waals surface area contributed by atoms with E-state index in [-0.39, 0.29) is 5.91 Å². The average molecular weight is 325 g/mol. The zero-order valence-corrected chi connectivity index (χ0v) is 13.6. The second kappa shape index (κ2) is 7.24. The van der Waals surface area contributed by atoms with Crippen LogP contribution in [-0.4, -0.2) is 17.0 Å². The highest BCUT2D eigenvalue weighted by Crippen LogP contribution is 2.09. The van der Waals surface area contributed by atoms with Gasteiger partial charge in [-0.15, -0.1) is 12.6 Å². The molecule has 0 radical (unpaired) electrons. The van der Waals surface area contributed by atoms with Crippen LogP contribution in [-0.2, 0) is 17.9 Å². The number of benzene rings is 1. The maximum atomic E-state index is 12.2. The lowest BCUT2D eigenvalue weighted by Crippen LogP contribution is -2.31. The first-order valence-corrected chi connectivity index (χ1v) is 7.97. The Bertz CT molecular complexity index is 747. The Kier molecular flexibility index (Phi) is 4.88. The number of thiol groups is 1. The fourth-order valence-electron chi connectivity index (χ4n) is 2.47. The number of amides is 1. The lowest BCUT2D eigenvalue weighted by molar-refractivity contribution is -0.117. The number of nitrogens with zero attached hydrogens (tertiary/aromatic N) is 1. The van der Waals surface area contributed by atoms with Gasteiger partial charge in [-0.1, -0.05) is 30.3 Å². The highest BCUT2D eigenvalue weighted by molar-refractivity contribution is 7.84. The molecule has 3 rings (SSSR count). The van der Waals surface area contributed by atoms with E-state index in [1.807, 2.05) is 36.5 Å². The molecule has 0 atom stereocenters. The third kappa shape index (κ3) is 4.07. The topological polar surface area (TPSA) is 46.1 Å². The molecule has 0 unspecified atom stereocenters. The molecule has 118 valence electrons. The van der Waals surface area contributed by atoms with Gasteiger partial charge in [-0.05, 0) is 29.8 Å². The highest BCUT2D eigenvalue weighted by Gasteiger charge is 2.12. The normalized spacial score (nSPS) is 13.8. The fourth-order valence-corrected chi connectivity index (χ4v) is 2.62. The summed E-state index contributed by atoms with van der Waals surface area (Å²) >= 11 is 4.20. The minimum atomic E-state index is -0.0537. The second-order valence-corrected chi connectivity index (χ2v) is 5.87. The van der Waals surface area contributed by atoms with Gasteiger partial charge < -0.3 is 15.2 Å². The molecular weight excluding hydrogens is 306 g/mol. The lowest BCUT2D eigenvalue weighted by Gasteiger charge is -2.15. The van der Waals surface area contributed by atoms with Crippen molar-refractivity contribution in [3.8, 4) is 0 Å². The minimum absolute atomic E-state index is 0.0537. The van der Waals surface area contributed by atoms with Gasteiger partial charge in [-0.25, -0.2) is 0 Å². The summed E-state index contributed by atoms with van der Waals surface area (Å²) in [6.45, 7) is 1.81. The largest absolute Gasteiger partial charge is 0.376 e. The number of carbonyl (C=O) groups excluding carboxylic acids is 1. The van der Waals surface area contributed by atoms with Gasteiger partial charge in [0.15, 0.2) is 0 Å². The van der Waals surface area contributed by atoms with E-state index in [4.69, 9.17) is 0 Å². The van der Waals surface area contributed by atoms with Crippen LogP contribution in [0.3, 0.4) is 0 Å². The first-order valence-electron chi connectivity index (χ1n) is 7.52. The molecule has 23 heavy (non-hydrogen) atoms. The number of hydrogen-bond donors (Lipinski definition) is 3. The maximum Gasteiger partial charge on any atom is 0.249 e. The van der Waals surface area contributed by atoms with Crippen LogP contribution in [0.2, 0.25) is 0 Å². The number of aromatic nitrogens is 1. The Morgan fingerprint density at radius 3 is 2.74 bits per heavy atom. The molecule has 0 fully saturated rings. The SMILES string of the molecule is O=C(NCc1cccn1Cc1ccccc1)C1=CC=C(S)NC1. The van der Waals surface area contributed by atoms with E-state index in [1.54, 1.807) is 12.2 Å². The monoisotopic (exact) mass is 325 g/mol. The van der Waals surface area contributed by atoms with Gasteiger partial charge in [0.05, 0.1) is 11.6 Å². The number of carbonyl (C=O) groups is 1. The van der Waals surface area contributed by atoms with Crippen LogP contribution in [0.15, 0.2) is 71.4 Å². The molecule has 0 saturated carbocycles. The zero-order chi connectivity index (χ0) is 16.1. The molecule has 2 aromatic rings. The van der Waals surface area contributed by atoms with Crippen molar-refractivity contribution in [3.05, 3.63) is 82.7 Å². The molecule has 5 heteroatoms. The summed E-state index contributed by atoms with van der Waals surface area (Å²) in [7, 11) is 0. The van der Waals surface area contributed by atoms with Crippen LogP contribution < -0.4 is 10.6 Å². The maximum absolute atomic E-state index is 12.2. The average Bonchev–Trinajstić information content (AvgIpc) is 3.01. The fraction of sp³-hybridized carbons (Fsp3) is 0.167. The predicted molar refractivity (Wildman–Crippen MR) is 95.0 cm³/mol. The molecule has 1 aliphatic rings. The number of hydrogen-bond acceptors (Lipinski definition) is 3. The number of dihydropyridines is 1. The summed E-state index contributed by atoms with van der Waals surface area (Å²) in [6.07, 6.45) is 5.63. The molecule has 2 heterocycles. The zero-order valence-electron chi connectivity index (χ0n) is 12.7. The summed E-state index contributed by atoms with van der Waals surface area (Å²) in [6, 6.07) is 14.3. The van der Waals surface area contributed by atoms with Crippen molar-refractivity contribution in [2.75, 3.05) is 6.54 Å². The Hall–Kier alpha value is -2.40. The number of nitrogens with one attached hydrogen (secondary N) is 2. The standard InChI is InChI=1S/C18H19N3OS/c22-18(15-8-9-17(23)19-11-15)20-12-16-7-4-10-21(16)13-14-5-2-1-3-6-14/h1-10,19,23H,11-13H2,(H,20,22). The van der Waals surface area contributed by atoms with Gasteiger partial charge in [-0.2, -0.15) is 0 Å². The molecule has 0 bridgehead atoms. The van der Waals surface area contributed by atoms with Crippen molar-refractivity contribution < 1.29 is 4.79 Å². The Labute approximate surface area is 141 Å². The lowest BCUT2D eigenvalue weighted by atomic mass is 10.2. The molecule has 0 saturated heterocycles. The van der Waals surface area contributed by atoms with Crippen LogP contribution >= 0.6 is 12.6 Å². The molecule has 1 aliphatic heterocycles. The third-order valence-electron chi connectivity index (χ3n) is 3.74. The molecule has 4 nitrogen and oxygen atoms in total. The predicted octanol–water partition coefficient (Wildman–Crippen LogP) is 2.45. The van der Waals surface area contributed by atoms with Gasteiger partial charge in [0.2, 0.25) is 5.91 Å². The van der Waals surface area contributed by atoms with Gasteiger partial charge in [-0.3, -0.25) is 4.79 Å². The van der Waals surface area contributed by atoms with Crippen LogP contribution in [0.4, 0.5) is 0 Å². The minimum Gasteiger partial charge on any atom is -0.376 e. The van der Waals surface area contributed by atoms with Crippen molar-refractivity contribution in [2.45, 2.75) is 13.1 Å². The van der Waals surface area contributed by atoms with E-state index in [2.05, 4.69) is 40.0 Å². The van der Waals surface area contributed by atoms with Crippen molar-refractivity contribution in [1.82, 2.24) is 15.2 Å². The quantitative estimate of drug-likeness (QED) is 0.740.